The second kappa shape index (κ2) is 9.61. The zero-order chi connectivity index (χ0) is 21.7. The molecule has 0 radical (unpaired) electrons. The smallest absolute Gasteiger partial charge is 0.228 e. The molecule has 2 aliphatic carbocycles. The molecular formula is C23H27NO6. The lowest BCUT2D eigenvalue weighted by molar-refractivity contribution is -0.121. The van der Waals surface area contributed by atoms with Gasteiger partial charge in [0.2, 0.25) is 29.0 Å². The molecule has 7 heteroatoms. The Bertz CT molecular complexity index is 857. The van der Waals surface area contributed by atoms with Crippen LogP contribution in [0.2, 0.25) is 0 Å². The Labute approximate surface area is 176 Å². The molecule has 3 rings (SSSR count). The molecule has 0 aliphatic heterocycles. The Kier molecular flexibility index (Phi) is 6.92. The van der Waals surface area contributed by atoms with Gasteiger partial charge in [0.15, 0.2) is 0 Å². The highest BCUT2D eigenvalue weighted by Gasteiger charge is 2.37. The van der Waals surface area contributed by atoms with E-state index in [1.807, 2.05) is 12.1 Å². The van der Waals surface area contributed by atoms with Crippen molar-refractivity contribution in [3.05, 3.63) is 46.9 Å². The lowest BCUT2D eigenvalue weighted by Crippen LogP contribution is -2.25. The number of anilines is 1. The van der Waals surface area contributed by atoms with E-state index in [9.17, 15) is 14.4 Å². The van der Waals surface area contributed by atoms with Crippen LogP contribution < -0.4 is 10.1 Å². The number of nitrogens with one attached hydrogen (secondary N) is 1. The summed E-state index contributed by atoms with van der Waals surface area (Å²) in [5.74, 6) is 0.512. The number of hydrogen-bond acceptors (Lipinski definition) is 6. The normalized spacial score (nSPS) is 17.4. The monoisotopic (exact) mass is 413 g/mol. The summed E-state index contributed by atoms with van der Waals surface area (Å²) in [6.45, 7) is 2.01. The standard InChI is InChI=1S/C23H27NO6/c1-14(25)24-16-6-8-17(9-7-16)30-13-12-15-4-10-18-19(11-5-15)21(27)23(29-3)22(28-2)20(18)26/h6-9,15H,4-5,10-13H2,1-3H3,(H,24,25). The fourth-order valence-corrected chi connectivity index (χ4v) is 3.97. The first-order valence-corrected chi connectivity index (χ1v) is 10.1. The number of hydrogen-bond donors (Lipinski definition) is 1. The molecule has 0 spiro atoms. The zero-order valence-electron chi connectivity index (χ0n) is 17.6. The van der Waals surface area contributed by atoms with Gasteiger partial charge in [0.25, 0.3) is 0 Å². The lowest BCUT2D eigenvalue weighted by Gasteiger charge is -2.20. The van der Waals surface area contributed by atoms with Crippen LogP contribution in [-0.4, -0.2) is 38.3 Å². The van der Waals surface area contributed by atoms with Crippen molar-refractivity contribution in [3.8, 4) is 5.75 Å². The van der Waals surface area contributed by atoms with Gasteiger partial charge in [0, 0.05) is 23.8 Å². The Morgan fingerprint density at radius 1 is 0.967 bits per heavy atom. The van der Waals surface area contributed by atoms with Crippen LogP contribution in [0.4, 0.5) is 5.69 Å². The maximum atomic E-state index is 12.7. The summed E-state index contributed by atoms with van der Waals surface area (Å²) < 4.78 is 16.1. The molecule has 7 nitrogen and oxygen atoms in total. The van der Waals surface area contributed by atoms with E-state index in [0.717, 1.165) is 30.7 Å². The molecule has 1 aromatic rings. The molecule has 2 aliphatic rings. The first-order chi connectivity index (χ1) is 14.4. The quantitative estimate of drug-likeness (QED) is 0.688. The highest BCUT2D eigenvalue weighted by atomic mass is 16.5. The highest BCUT2D eigenvalue weighted by molar-refractivity contribution is 6.23. The molecule has 0 fully saturated rings. The van der Waals surface area contributed by atoms with Crippen molar-refractivity contribution in [3.63, 3.8) is 0 Å². The van der Waals surface area contributed by atoms with Gasteiger partial charge in [-0.2, -0.15) is 0 Å². The molecule has 1 amide bonds. The van der Waals surface area contributed by atoms with Crippen LogP contribution in [0.25, 0.3) is 0 Å². The van der Waals surface area contributed by atoms with Gasteiger partial charge in [0.1, 0.15) is 5.75 Å². The summed E-state index contributed by atoms with van der Waals surface area (Å²) in [4.78, 5) is 36.5. The number of benzene rings is 1. The minimum Gasteiger partial charge on any atom is -0.494 e. The summed E-state index contributed by atoms with van der Waals surface area (Å²) in [7, 11) is 2.76. The van der Waals surface area contributed by atoms with Crippen LogP contribution in [0, 0.1) is 5.92 Å². The Morgan fingerprint density at radius 2 is 1.50 bits per heavy atom. The molecule has 0 unspecified atom stereocenters. The Hall–Kier alpha value is -3.09. The first kappa shape index (κ1) is 21.6. The van der Waals surface area contributed by atoms with E-state index < -0.39 is 0 Å². The Morgan fingerprint density at radius 3 is 1.97 bits per heavy atom. The molecule has 1 N–H and O–H groups in total. The number of ketones is 2. The molecule has 0 saturated heterocycles. The molecular weight excluding hydrogens is 386 g/mol. The zero-order valence-corrected chi connectivity index (χ0v) is 17.6. The highest BCUT2D eigenvalue weighted by Crippen LogP contribution is 2.36. The third-order valence-corrected chi connectivity index (χ3v) is 5.51. The predicted molar refractivity (Wildman–Crippen MR) is 111 cm³/mol. The van der Waals surface area contributed by atoms with Gasteiger partial charge in [-0.3, -0.25) is 14.4 Å². The number of carbonyl (C=O) groups is 3. The SMILES string of the molecule is COC1=C(OC)C(=O)C2=C(CCC(CCOc3ccc(NC(C)=O)cc3)CC2)C1=O. The minimum absolute atomic E-state index is 0.00532. The second-order valence-electron chi connectivity index (χ2n) is 7.47. The van der Waals surface area contributed by atoms with Crippen molar-refractivity contribution in [2.24, 2.45) is 5.92 Å². The average molecular weight is 413 g/mol. The summed E-state index contributed by atoms with van der Waals surface area (Å²) in [6.07, 6.45) is 3.59. The Balaban J connectivity index is 1.54. The average Bonchev–Trinajstić information content (AvgIpc) is 2.94. The van der Waals surface area contributed by atoms with E-state index in [0.29, 0.717) is 36.5 Å². The van der Waals surface area contributed by atoms with Gasteiger partial charge in [-0.05, 0) is 62.3 Å². The first-order valence-electron chi connectivity index (χ1n) is 10.1. The van der Waals surface area contributed by atoms with E-state index >= 15 is 0 Å². The third kappa shape index (κ3) is 4.72. The van der Waals surface area contributed by atoms with Gasteiger partial charge in [-0.25, -0.2) is 0 Å². The number of allylic oxidation sites excluding steroid dienone is 2. The molecule has 0 heterocycles. The number of Topliss-reactive ketones (excluding diaryl/α,β-unsaturated/α-hetero) is 2. The van der Waals surface area contributed by atoms with Crippen LogP contribution in [0.15, 0.2) is 46.9 Å². The summed E-state index contributed by atoms with van der Waals surface area (Å²) in [6, 6.07) is 7.23. The fraction of sp³-hybridized carbons (Fsp3) is 0.435. The lowest BCUT2D eigenvalue weighted by atomic mass is 9.89. The second-order valence-corrected chi connectivity index (χ2v) is 7.47. The summed E-state index contributed by atoms with van der Waals surface area (Å²) in [5, 5.41) is 2.72. The van der Waals surface area contributed by atoms with Crippen molar-refractivity contribution in [2.75, 3.05) is 26.1 Å². The van der Waals surface area contributed by atoms with E-state index in [1.165, 1.54) is 21.1 Å². The fourth-order valence-electron chi connectivity index (χ4n) is 3.97. The van der Waals surface area contributed by atoms with Crippen LogP contribution in [0.1, 0.15) is 39.0 Å². The number of carbonyl (C=O) groups excluding carboxylic acids is 3. The van der Waals surface area contributed by atoms with Crippen molar-refractivity contribution in [2.45, 2.75) is 39.0 Å². The van der Waals surface area contributed by atoms with Gasteiger partial charge < -0.3 is 19.5 Å². The molecule has 0 atom stereocenters. The molecule has 160 valence electrons. The number of rotatable bonds is 7. The van der Waals surface area contributed by atoms with Crippen molar-refractivity contribution < 1.29 is 28.6 Å². The number of ether oxygens (including phenoxy) is 3. The van der Waals surface area contributed by atoms with E-state index in [4.69, 9.17) is 14.2 Å². The molecule has 0 bridgehead atoms. The third-order valence-electron chi connectivity index (χ3n) is 5.51. The van der Waals surface area contributed by atoms with Crippen LogP contribution >= 0.6 is 0 Å². The maximum absolute atomic E-state index is 12.7. The summed E-state index contributed by atoms with van der Waals surface area (Å²) >= 11 is 0. The largest absolute Gasteiger partial charge is 0.494 e. The van der Waals surface area contributed by atoms with Crippen molar-refractivity contribution in [1.82, 2.24) is 0 Å². The van der Waals surface area contributed by atoms with Crippen molar-refractivity contribution >= 4 is 23.2 Å². The van der Waals surface area contributed by atoms with Crippen LogP contribution in [0.3, 0.4) is 0 Å². The topological polar surface area (TPSA) is 90.9 Å². The van der Waals surface area contributed by atoms with Crippen LogP contribution in [-0.2, 0) is 23.9 Å². The van der Waals surface area contributed by atoms with Gasteiger partial charge in [-0.1, -0.05) is 0 Å². The van der Waals surface area contributed by atoms with Crippen LogP contribution in [0.5, 0.6) is 5.75 Å². The minimum atomic E-state index is -0.236. The molecule has 1 aromatic carbocycles. The number of methoxy groups -OCH3 is 2. The summed E-state index contributed by atoms with van der Waals surface area (Å²) in [5.41, 5.74) is 1.85. The van der Waals surface area contributed by atoms with Gasteiger partial charge in [-0.15, -0.1) is 0 Å². The van der Waals surface area contributed by atoms with E-state index in [1.54, 1.807) is 12.1 Å². The number of amides is 1. The van der Waals surface area contributed by atoms with Gasteiger partial charge >= 0.3 is 0 Å². The molecule has 30 heavy (non-hydrogen) atoms. The maximum Gasteiger partial charge on any atom is 0.228 e. The molecule has 0 saturated carbocycles. The predicted octanol–water partition coefficient (Wildman–Crippen LogP) is 3.56. The van der Waals surface area contributed by atoms with Gasteiger partial charge in [0.05, 0.1) is 20.8 Å². The van der Waals surface area contributed by atoms with Crippen molar-refractivity contribution in [1.29, 1.82) is 0 Å². The van der Waals surface area contributed by atoms with E-state index in [2.05, 4.69) is 5.32 Å². The van der Waals surface area contributed by atoms with E-state index in [-0.39, 0.29) is 29.0 Å². The molecule has 0 aromatic heterocycles.